The molecule has 3 nitrogen and oxygen atoms in total. The van der Waals surface area contributed by atoms with Gasteiger partial charge in [0, 0.05) is 24.9 Å². The van der Waals surface area contributed by atoms with Gasteiger partial charge in [-0.05, 0) is 25.4 Å². The summed E-state index contributed by atoms with van der Waals surface area (Å²) in [4.78, 5) is 7.07. The maximum absolute atomic E-state index is 4.63. The van der Waals surface area contributed by atoms with Crippen molar-refractivity contribution in [3.05, 3.63) is 0 Å². The van der Waals surface area contributed by atoms with Crippen LogP contribution < -0.4 is 5.32 Å². The van der Waals surface area contributed by atoms with Crippen LogP contribution in [0.1, 0.15) is 34.6 Å². The Labute approximate surface area is 110 Å². The van der Waals surface area contributed by atoms with E-state index in [2.05, 4.69) is 49.8 Å². The van der Waals surface area contributed by atoms with Crippen LogP contribution in [0.3, 0.4) is 0 Å². The average molecular weight is 257 g/mol. The lowest BCUT2D eigenvalue weighted by Crippen LogP contribution is -2.42. The van der Waals surface area contributed by atoms with Crippen molar-refractivity contribution in [2.24, 2.45) is 10.4 Å². The van der Waals surface area contributed by atoms with Crippen LogP contribution in [0.25, 0.3) is 0 Å². The molecule has 0 saturated carbocycles. The molecule has 17 heavy (non-hydrogen) atoms. The number of nitrogens with one attached hydrogen (secondary N) is 1. The Morgan fingerprint density at radius 3 is 2.53 bits per heavy atom. The topological polar surface area (TPSA) is 27.6 Å². The average Bonchev–Trinajstić information content (AvgIpc) is 2.29. The number of nitrogens with zero attached hydrogens (tertiary/aromatic N) is 2. The van der Waals surface area contributed by atoms with Crippen LogP contribution in [-0.4, -0.2) is 48.0 Å². The highest BCUT2D eigenvalue weighted by Gasteiger charge is 2.23. The molecule has 0 aromatic rings. The molecule has 0 radical (unpaired) electrons. The lowest BCUT2D eigenvalue weighted by atomic mass is 9.97. The Balaban J connectivity index is 2.37. The number of hydrogen-bond acceptors (Lipinski definition) is 4. The van der Waals surface area contributed by atoms with Gasteiger partial charge in [0.2, 0.25) is 0 Å². The number of aliphatic imine (C=N–C) groups is 1. The molecule has 1 unspecified atom stereocenters. The minimum absolute atomic E-state index is 0.359. The quantitative estimate of drug-likeness (QED) is 0.820. The van der Waals surface area contributed by atoms with Crippen LogP contribution in [0.5, 0.6) is 0 Å². The predicted molar refractivity (Wildman–Crippen MR) is 78.9 cm³/mol. The lowest BCUT2D eigenvalue weighted by Gasteiger charge is -2.30. The van der Waals surface area contributed by atoms with Crippen LogP contribution in [0.4, 0.5) is 0 Å². The van der Waals surface area contributed by atoms with E-state index in [9.17, 15) is 0 Å². The molecule has 0 fully saturated rings. The predicted octanol–water partition coefficient (Wildman–Crippen LogP) is 2.44. The van der Waals surface area contributed by atoms with E-state index in [-0.39, 0.29) is 0 Å². The monoisotopic (exact) mass is 257 g/mol. The van der Waals surface area contributed by atoms with Gasteiger partial charge in [0.05, 0.1) is 0 Å². The molecule has 100 valence electrons. The first-order valence-electron chi connectivity index (χ1n) is 6.63. The van der Waals surface area contributed by atoms with Crippen molar-refractivity contribution in [3.63, 3.8) is 0 Å². The van der Waals surface area contributed by atoms with Crippen molar-refractivity contribution in [1.82, 2.24) is 10.2 Å². The van der Waals surface area contributed by atoms with Gasteiger partial charge in [0.15, 0.2) is 5.17 Å². The summed E-state index contributed by atoms with van der Waals surface area (Å²) >= 11 is 1.86. The molecule has 1 rings (SSSR count). The van der Waals surface area contributed by atoms with Crippen molar-refractivity contribution in [2.75, 3.05) is 31.9 Å². The molecule has 1 aliphatic heterocycles. The molecular weight excluding hydrogens is 230 g/mol. The van der Waals surface area contributed by atoms with E-state index in [1.807, 2.05) is 11.8 Å². The number of thioether (sulfide) groups is 1. The number of amidine groups is 1. The highest BCUT2D eigenvalue weighted by Crippen LogP contribution is 2.27. The molecular formula is C13H27N3S. The van der Waals surface area contributed by atoms with Crippen molar-refractivity contribution in [1.29, 1.82) is 0 Å². The molecule has 4 heteroatoms. The summed E-state index contributed by atoms with van der Waals surface area (Å²) in [6, 6.07) is 0.474. The summed E-state index contributed by atoms with van der Waals surface area (Å²) < 4.78 is 0. The fourth-order valence-electron chi connectivity index (χ4n) is 1.85. The summed E-state index contributed by atoms with van der Waals surface area (Å²) in [5.74, 6) is 1.16. The molecule has 0 bridgehead atoms. The van der Waals surface area contributed by atoms with Crippen LogP contribution in [0.15, 0.2) is 4.99 Å². The highest BCUT2D eigenvalue weighted by atomic mass is 32.2. The third-order valence-corrected chi connectivity index (χ3v) is 4.49. The summed E-state index contributed by atoms with van der Waals surface area (Å²) in [6.45, 7) is 15.5. The van der Waals surface area contributed by atoms with Gasteiger partial charge in [-0.2, -0.15) is 0 Å². The van der Waals surface area contributed by atoms with Gasteiger partial charge in [-0.3, -0.25) is 4.99 Å². The van der Waals surface area contributed by atoms with E-state index in [0.717, 1.165) is 37.1 Å². The standard InChI is InChI=1S/C13H27N3S/c1-6-16(7-2)8-11(3)15-12-14-9-13(4,5)10-17-12/h11H,6-10H2,1-5H3,(H,14,15). The second kappa shape index (κ2) is 6.64. The third-order valence-electron chi connectivity index (χ3n) is 3.05. The number of hydrogen-bond donors (Lipinski definition) is 1. The van der Waals surface area contributed by atoms with Gasteiger partial charge in [0.1, 0.15) is 0 Å². The van der Waals surface area contributed by atoms with E-state index in [1.54, 1.807) is 0 Å². The van der Waals surface area contributed by atoms with Gasteiger partial charge in [-0.25, -0.2) is 0 Å². The first-order valence-corrected chi connectivity index (χ1v) is 7.61. The molecule has 0 aromatic heterocycles. The Hall–Kier alpha value is -0.220. The molecule has 1 aliphatic rings. The molecule has 1 heterocycles. The largest absolute Gasteiger partial charge is 0.361 e. The summed E-state index contributed by atoms with van der Waals surface area (Å²) in [5, 5.41) is 4.66. The maximum atomic E-state index is 4.63. The molecule has 0 amide bonds. The second-order valence-electron chi connectivity index (χ2n) is 5.61. The van der Waals surface area contributed by atoms with Gasteiger partial charge in [-0.1, -0.05) is 39.5 Å². The number of rotatable bonds is 5. The Morgan fingerprint density at radius 1 is 1.41 bits per heavy atom. The zero-order valence-electron chi connectivity index (χ0n) is 11.9. The first kappa shape index (κ1) is 14.8. The maximum Gasteiger partial charge on any atom is 0.156 e. The highest BCUT2D eigenvalue weighted by molar-refractivity contribution is 8.13. The minimum atomic E-state index is 0.359. The van der Waals surface area contributed by atoms with Crippen LogP contribution in [-0.2, 0) is 0 Å². The zero-order valence-corrected chi connectivity index (χ0v) is 12.7. The van der Waals surface area contributed by atoms with Crippen LogP contribution in [0.2, 0.25) is 0 Å². The Bertz CT molecular complexity index is 259. The molecule has 0 saturated heterocycles. The summed E-state index contributed by atoms with van der Waals surface area (Å²) in [6.07, 6.45) is 0. The zero-order chi connectivity index (χ0) is 12.9. The SMILES string of the molecule is CCN(CC)CC(C)NC1=NCC(C)(C)CS1. The molecule has 1 atom stereocenters. The minimum Gasteiger partial charge on any atom is -0.361 e. The van der Waals surface area contributed by atoms with E-state index in [4.69, 9.17) is 0 Å². The van der Waals surface area contributed by atoms with Gasteiger partial charge >= 0.3 is 0 Å². The summed E-state index contributed by atoms with van der Waals surface area (Å²) in [5.41, 5.74) is 0.359. The van der Waals surface area contributed by atoms with Crippen molar-refractivity contribution < 1.29 is 0 Å². The summed E-state index contributed by atoms with van der Waals surface area (Å²) in [7, 11) is 0. The lowest BCUT2D eigenvalue weighted by molar-refractivity contribution is 0.282. The van der Waals surface area contributed by atoms with Gasteiger partial charge in [-0.15, -0.1) is 0 Å². The van der Waals surface area contributed by atoms with Crippen molar-refractivity contribution >= 4 is 16.9 Å². The van der Waals surface area contributed by atoms with E-state index in [1.165, 1.54) is 0 Å². The third kappa shape index (κ3) is 5.30. The van der Waals surface area contributed by atoms with Crippen LogP contribution >= 0.6 is 11.8 Å². The van der Waals surface area contributed by atoms with Gasteiger partial charge < -0.3 is 10.2 Å². The fourth-order valence-corrected chi connectivity index (χ4v) is 2.91. The smallest absolute Gasteiger partial charge is 0.156 e. The second-order valence-corrected chi connectivity index (χ2v) is 6.57. The molecule has 0 aliphatic carbocycles. The Morgan fingerprint density at radius 2 is 2.06 bits per heavy atom. The fraction of sp³-hybridized carbons (Fsp3) is 0.923. The van der Waals surface area contributed by atoms with Crippen LogP contribution in [0, 0.1) is 5.41 Å². The normalized spacial score (nSPS) is 21.2. The molecule has 0 spiro atoms. The van der Waals surface area contributed by atoms with E-state index in [0.29, 0.717) is 11.5 Å². The first-order chi connectivity index (χ1) is 7.96. The van der Waals surface area contributed by atoms with E-state index >= 15 is 0 Å². The Kier molecular flexibility index (Phi) is 5.80. The van der Waals surface area contributed by atoms with E-state index < -0.39 is 0 Å². The van der Waals surface area contributed by atoms with Gasteiger partial charge in [0.25, 0.3) is 0 Å². The molecule has 0 aromatic carbocycles. The number of likely N-dealkylation sites (N-methyl/N-ethyl adjacent to an activating group) is 1. The van der Waals surface area contributed by atoms with Crippen molar-refractivity contribution in [2.45, 2.75) is 40.7 Å². The van der Waals surface area contributed by atoms with Crippen molar-refractivity contribution in [3.8, 4) is 0 Å². The molecule has 1 N–H and O–H groups in total.